The van der Waals surface area contributed by atoms with Crippen LogP contribution >= 0.6 is 0 Å². The number of aromatic nitrogens is 2. The Labute approximate surface area is 175 Å². The Kier molecular flexibility index (Phi) is 5.13. The second-order valence-corrected chi connectivity index (χ2v) is 11.0. The molecule has 0 aromatic carbocycles. The molecule has 0 bridgehead atoms. The Bertz CT molecular complexity index is 731. The van der Waals surface area contributed by atoms with Gasteiger partial charge in [0.25, 0.3) is 5.78 Å². The van der Waals surface area contributed by atoms with Crippen LogP contribution in [0.3, 0.4) is 0 Å². The third-order valence-corrected chi connectivity index (χ3v) is 9.83. The van der Waals surface area contributed by atoms with Crippen LogP contribution in [0.2, 0.25) is 0 Å². The summed E-state index contributed by atoms with van der Waals surface area (Å²) in [5, 5.41) is 0. The van der Waals surface area contributed by atoms with Crippen LogP contribution in [0.5, 0.6) is 0 Å². The topological polar surface area (TPSA) is 48.5 Å². The summed E-state index contributed by atoms with van der Waals surface area (Å²) in [5.74, 6) is 4.09. The van der Waals surface area contributed by atoms with Gasteiger partial charge in [0.2, 0.25) is 0 Å². The van der Waals surface area contributed by atoms with Gasteiger partial charge < -0.3 is 9.30 Å². The second-order valence-electron chi connectivity index (χ2n) is 11.0. The molecule has 4 unspecified atom stereocenters. The fourth-order valence-corrected chi connectivity index (χ4v) is 8.07. The highest BCUT2D eigenvalue weighted by atomic mass is 16.5. The second kappa shape index (κ2) is 7.51. The average molecular weight is 400 g/mol. The lowest BCUT2D eigenvalue weighted by Gasteiger charge is -2.59. The van der Waals surface area contributed by atoms with Crippen LogP contribution in [0.4, 0.5) is 0 Å². The predicted molar refractivity (Wildman–Crippen MR) is 115 cm³/mol. The van der Waals surface area contributed by atoms with Gasteiger partial charge in [-0.2, -0.15) is 0 Å². The lowest BCUT2D eigenvalue weighted by molar-refractivity contribution is -0.124. The first-order valence-corrected chi connectivity index (χ1v) is 12.1. The molecular formula is C25H39N2O2+. The fourth-order valence-electron chi connectivity index (χ4n) is 8.07. The largest absolute Gasteiger partial charge is 0.378 e. The van der Waals surface area contributed by atoms with Gasteiger partial charge in [-0.1, -0.05) is 6.92 Å². The Morgan fingerprint density at radius 3 is 2.86 bits per heavy atom. The van der Waals surface area contributed by atoms with E-state index in [1.165, 1.54) is 51.4 Å². The van der Waals surface area contributed by atoms with Gasteiger partial charge in [0, 0.05) is 25.5 Å². The van der Waals surface area contributed by atoms with Gasteiger partial charge in [-0.25, -0.2) is 4.98 Å². The number of carbonyl (C=O) groups excluding carboxylic acids is 1. The van der Waals surface area contributed by atoms with Crippen LogP contribution in [0.25, 0.3) is 0 Å². The molecule has 160 valence electrons. The van der Waals surface area contributed by atoms with Crippen LogP contribution in [-0.4, -0.2) is 32.8 Å². The Balaban J connectivity index is 1.18. The molecule has 1 aromatic rings. The molecule has 4 heteroatoms. The van der Waals surface area contributed by atoms with Crippen LogP contribution < -0.4 is 0 Å². The highest BCUT2D eigenvalue weighted by molar-refractivity contribution is 5.88. The molecule has 4 aliphatic carbocycles. The molecule has 1 N–H and O–H groups in total. The molecule has 1 aromatic heterocycles. The lowest BCUT2D eigenvalue weighted by atomic mass is 9.45. The number of fused-ring (bicyclic) bond motifs is 5. The van der Waals surface area contributed by atoms with Crippen molar-refractivity contribution < 1.29 is 9.53 Å². The summed E-state index contributed by atoms with van der Waals surface area (Å²) in [6.07, 6.45) is 18.6. The SMILES string of the molecule is C[C@]12CC[C@H](OCCCn3ccnc3)CC1CCC1C2CC[C@]2(C)C(=[OH+])CCC12. The molecule has 4 aliphatic rings. The normalized spacial score (nSPS) is 44.2. The number of aryl methyl sites for hydroxylation is 1. The molecule has 7 atom stereocenters. The predicted octanol–water partition coefficient (Wildman–Crippen LogP) is 5.25. The molecule has 0 aliphatic heterocycles. The number of ketones is 1. The van der Waals surface area contributed by atoms with Crippen molar-refractivity contribution in [2.45, 2.75) is 90.7 Å². The monoisotopic (exact) mass is 399 g/mol. The number of hydrogen-bond acceptors (Lipinski definition) is 2. The summed E-state index contributed by atoms with van der Waals surface area (Å²) in [6, 6.07) is 0. The van der Waals surface area contributed by atoms with Crippen molar-refractivity contribution in [2.75, 3.05) is 6.61 Å². The molecule has 0 amide bonds. The van der Waals surface area contributed by atoms with Crippen molar-refractivity contribution in [3.8, 4) is 0 Å². The highest BCUT2D eigenvalue weighted by Crippen LogP contribution is 2.65. The zero-order chi connectivity index (χ0) is 20.1. The third-order valence-electron chi connectivity index (χ3n) is 9.83. The fraction of sp³-hybridized carbons (Fsp3) is 0.840. The Hall–Kier alpha value is -1.16. The van der Waals surface area contributed by atoms with E-state index in [1.807, 2.05) is 18.7 Å². The van der Waals surface area contributed by atoms with E-state index in [0.29, 0.717) is 11.5 Å². The number of rotatable bonds is 5. The first-order chi connectivity index (χ1) is 14.0. The maximum Gasteiger partial charge on any atom is 0.299 e. The summed E-state index contributed by atoms with van der Waals surface area (Å²) >= 11 is 0. The van der Waals surface area contributed by atoms with Crippen molar-refractivity contribution in [3.63, 3.8) is 0 Å². The standard InChI is InChI=1S/C25H38N2O2/c1-24-10-8-19(29-15-3-13-27-14-12-26-17-27)16-18(24)4-5-20-21-6-7-23(28)25(21,2)11-9-22(20)24/h12,14,17-22H,3-11,13,15-16H2,1-2H3/p+1/t18?,19-,20?,21?,22?,24-,25-/m0/s1. The molecule has 0 saturated heterocycles. The molecule has 0 radical (unpaired) electrons. The van der Waals surface area contributed by atoms with E-state index in [1.54, 1.807) is 0 Å². The summed E-state index contributed by atoms with van der Waals surface area (Å²) < 4.78 is 8.48. The van der Waals surface area contributed by atoms with Crippen LogP contribution in [-0.2, 0) is 11.3 Å². The zero-order valence-corrected chi connectivity index (χ0v) is 18.4. The van der Waals surface area contributed by atoms with Crippen molar-refractivity contribution >= 4 is 5.78 Å². The minimum absolute atomic E-state index is 0.125. The molecule has 0 spiro atoms. The summed E-state index contributed by atoms with van der Waals surface area (Å²) in [4.78, 5) is 14.7. The Morgan fingerprint density at radius 2 is 2.03 bits per heavy atom. The van der Waals surface area contributed by atoms with E-state index in [-0.39, 0.29) is 5.41 Å². The van der Waals surface area contributed by atoms with Gasteiger partial charge in [0.1, 0.15) is 0 Å². The minimum atomic E-state index is 0.125. The van der Waals surface area contributed by atoms with Crippen molar-refractivity contribution in [3.05, 3.63) is 18.7 Å². The molecule has 5 rings (SSSR count). The number of imidazole rings is 1. The molecule has 1 heterocycles. The van der Waals surface area contributed by atoms with Gasteiger partial charge in [0.05, 0.1) is 24.3 Å². The zero-order valence-electron chi connectivity index (χ0n) is 18.4. The van der Waals surface area contributed by atoms with E-state index < -0.39 is 0 Å². The van der Waals surface area contributed by atoms with Gasteiger partial charge in [-0.3, -0.25) is 4.79 Å². The Morgan fingerprint density at radius 1 is 1.14 bits per heavy atom. The van der Waals surface area contributed by atoms with Gasteiger partial charge in [-0.15, -0.1) is 0 Å². The smallest absolute Gasteiger partial charge is 0.299 e. The van der Waals surface area contributed by atoms with E-state index in [0.717, 1.165) is 55.4 Å². The molecule has 4 saturated carbocycles. The molecule has 4 fully saturated rings. The summed E-state index contributed by atoms with van der Waals surface area (Å²) in [5.41, 5.74) is 0.624. The first kappa shape index (κ1) is 19.8. The molecule has 29 heavy (non-hydrogen) atoms. The van der Waals surface area contributed by atoms with Gasteiger partial charge in [-0.05, 0) is 93.8 Å². The van der Waals surface area contributed by atoms with Gasteiger partial charge >= 0.3 is 0 Å². The van der Waals surface area contributed by atoms with Crippen molar-refractivity contribution in [1.29, 1.82) is 0 Å². The maximum atomic E-state index is 10.6. The average Bonchev–Trinajstić information content (AvgIpc) is 3.33. The third kappa shape index (κ3) is 3.30. The van der Waals surface area contributed by atoms with Crippen molar-refractivity contribution in [2.24, 2.45) is 34.5 Å². The van der Waals surface area contributed by atoms with Crippen LogP contribution in [0.15, 0.2) is 18.7 Å². The minimum Gasteiger partial charge on any atom is -0.378 e. The van der Waals surface area contributed by atoms with E-state index >= 15 is 0 Å². The van der Waals surface area contributed by atoms with Gasteiger partial charge in [0.15, 0.2) is 0 Å². The van der Waals surface area contributed by atoms with Crippen LogP contribution in [0, 0.1) is 34.5 Å². The van der Waals surface area contributed by atoms with E-state index in [9.17, 15) is 4.79 Å². The number of ether oxygens (including phenoxy) is 1. The quantitative estimate of drug-likeness (QED) is 0.502. The maximum absolute atomic E-state index is 10.6. The lowest BCUT2D eigenvalue weighted by Crippen LogP contribution is -2.54. The van der Waals surface area contributed by atoms with E-state index in [2.05, 4.69) is 23.4 Å². The van der Waals surface area contributed by atoms with E-state index in [4.69, 9.17) is 4.74 Å². The van der Waals surface area contributed by atoms with Crippen molar-refractivity contribution in [1.82, 2.24) is 9.55 Å². The van der Waals surface area contributed by atoms with Crippen LogP contribution in [0.1, 0.15) is 78.1 Å². The highest BCUT2D eigenvalue weighted by Gasteiger charge is 2.62. The molecular weight excluding hydrogens is 360 g/mol. The summed E-state index contributed by atoms with van der Waals surface area (Å²) in [6.45, 7) is 6.85. The first-order valence-electron chi connectivity index (χ1n) is 12.1. The molecule has 4 nitrogen and oxygen atoms in total. The number of hydrogen-bond donors (Lipinski definition) is 0. The summed E-state index contributed by atoms with van der Waals surface area (Å²) in [7, 11) is 0. The number of nitrogens with zero attached hydrogens (tertiary/aromatic N) is 2.